The Kier molecular flexibility index (Phi) is 4.73. The van der Waals surface area contributed by atoms with E-state index in [1.807, 2.05) is 6.92 Å². The minimum atomic E-state index is -4.42. The van der Waals surface area contributed by atoms with E-state index < -0.39 is 18.7 Å². The number of aryl methyl sites for hydroxylation is 1. The van der Waals surface area contributed by atoms with E-state index >= 15 is 0 Å². The van der Waals surface area contributed by atoms with Crippen LogP contribution < -0.4 is 10.5 Å². The Morgan fingerprint density at radius 1 is 1.37 bits per heavy atom. The van der Waals surface area contributed by atoms with Crippen molar-refractivity contribution in [1.82, 2.24) is 19.7 Å². The molecule has 0 aromatic carbocycles. The second-order valence-electron chi connectivity index (χ2n) is 6.02. The zero-order valence-electron chi connectivity index (χ0n) is 14.5. The molecule has 0 aliphatic heterocycles. The molecule has 0 fully saturated rings. The first-order chi connectivity index (χ1) is 12.7. The fourth-order valence-electron chi connectivity index (χ4n) is 2.60. The highest BCUT2D eigenvalue weighted by atomic mass is 19.4. The summed E-state index contributed by atoms with van der Waals surface area (Å²) in [6.45, 7) is 2.08. The predicted octanol–water partition coefficient (Wildman–Crippen LogP) is 2.78. The maximum absolute atomic E-state index is 12.3. The molecule has 0 spiro atoms. The van der Waals surface area contributed by atoms with Crippen molar-refractivity contribution in [2.75, 3.05) is 6.61 Å². The van der Waals surface area contributed by atoms with Crippen molar-refractivity contribution in [3.63, 3.8) is 0 Å². The summed E-state index contributed by atoms with van der Waals surface area (Å²) in [7, 11) is 0. The van der Waals surface area contributed by atoms with Gasteiger partial charge in [-0.3, -0.25) is 19.4 Å². The van der Waals surface area contributed by atoms with Gasteiger partial charge in [-0.1, -0.05) is 0 Å². The molecule has 3 aromatic heterocycles. The Morgan fingerprint density at radius 3 is 2.74 bits per heavy atom. The number of nitrogens with two attached hydrogens (primary N) is 1. The SMILES string of the molecule is Cc1cc(C(C)n2cc3c(C(N)=O)nccc3n2)ncc1OCC(F)(F)F. The number of pyridine rings is 2. The number of carbonyl (C=O) groups is 1. The van der Waals surface area contributed by atoms with Crippen LogP contribution >= 0.6 is 0 Å². The highest BCUT2D eigenvalue weighted by Crippen LogP contribution is 2.26. The third-order valence-corrected chi connectivity index (χ3v) is 3.99. The molecule has 142 valence electrons. The van der Waals surface area contributed by atoms with Crippen LogP contribution in [0, 0.1) is 6.92 Å². The van der Waals surface area contributed by atoms with Crippen LogP contribution in [0.2, 0.25) is 0 Å². The molecule has 1 atom stereocenters. The molecule has 3 rings (SSSR count). The van der Waals surface area contributed by atoms with Gasteiger partial charge in [0.25, 0.3) is 5.91 Å². The van der Waals surface area contributed by atoms with Crippen molar-refractivity contribution < 1.29 is 22.7 Å². The zero-order chi connectivity index (χ0) is 19.8. The standard InChI is InChI=1S/C17H16F3N5O2/c1-9-5-13(23-6-14(9)27-8-17(18,19)20)10(2)25-7-11-12(24-25)3-4-22-15(11)16(21)26/h3-7,10H,8H2,1-2H3,(H2,21,26). The van der Waals surface area contributed by atoms with Crippen molar-refractivity contribution in [2.45, 2.75) is 26.1 Å². The number of nitrogens with zero attached hydrogens (tertiary/aromatic N) is 4. The summed E-state index contributed by atoms with van der Waals surface area (Å²) in [5.74, 6) is -0.595. The van der Waals surface area contributed by atoms with E-state index in [1.54, 1.807) is 29.9 Å². The predicted molar refractivity (Wildman–Crippen MR) is 90.4 cm³/mol. The topological polar surface area (TPSA) is 95.9 Å². The molecule has 0 saturated heterocycles. The van der Waals surface area contributed by atoms with Crippen molar-refractivity contribution in [2.24, 2.45) is 5.73 Å². The molecule has 0 saturated carbocycles. The van der Waals surface area contributed by atoms with Crippen LogP contribution in [0.15, 0.2) is 30.7 Å². The number of halogens is 3. The first-order valence-corrected chi connectivity index (χ1v) is 7.95. The molecule has 0 aliphatic rings. The van der Waals surface area contributed by atoms with Crippen molar-refractivity contribution in [3.05, 3.63) is 47.7 Å². The van der Waals surface area contributed by atoms with E-state index in [4.69, 9.17) is 10.5 Å². The molecule has 10 heteroatoms. The van der Waals surface area contributed by atoms with Gasteiger partial charge in [-0.15, -0.1) is 0 Å². The third kappa shape index (κ3) is 3.99. The number of rotatable bonds is 5. The molecule has 7 nitrogen and oxygen atoms in total. The number of amides is 1. The number of alkyl halides is 3. The maximum Gasteiger partial charge on any atom is 0.422 e. The van der Waals surface area contributed by atoms with Gasteiger partial charge in [-0.2, -0.15) is 18.3 Å². The van der Waals surface area contributed by atoms with E-state index in [0.717, 1.165) is 0 Å². The summed E-state index contributed by atoms with van der Waals surface area (Å²) < 4.78 is 43.2. The lowest BCUT2D eigenvalue weighted by Crippen LogP contribution is -2.19. The van der Waals surface area contributed by atoms with Crippen LogP contribution in [0.3, 0.4) is 0 Å². The number of fused-ring (bicyclic) bond motifs is 1. The smallest absolute Gasteiger partial charge is 0.422 e. The molecule has 0 radical (unpaired) electrons. The molecule has 27 heavy (non-hydrogen) atoms. The van der Waals surface area contributed by atoms with Crippen molar-refractivity contribution >= 4 is 16.8 Å². The lowest BCUT2D eigenvalue weighted by molar-refractivity contribution is -0.153. The summed E-state index contributed by atoms with van der Waals surface area (Å²) in [6, 6.07) is 2.95. The minimum absolute atomic E-state index is 0.0640. The average Bonchev–Trinajstić information content (AvgIpc) is 3.03. The summed E-state index contributed by atoms with van der Waals surface area (Å²) in [5, 5.41) is 4.91. The van der Waals surface area contributed by atoms with Gasteiger partial charge in [0, 0.05) is 12.4 Å². The third-order valence-electron chi connectivity index (χ3n) is 3.99. The first-order valence-electron chi connectivity index (χ1n) is 7.95. The van der Waals surface area contributed by atoms with E-state index in [0.29, 0.717) is 22.2 Å². The van der Waals surface area contributed by atoms with Gasteiger partial charge in [0.05, 0.1) is 28.8 Å². The Hall–Kier alpha value is -3.17. The van der Waals surface area contributed by atoms with Gasteiger partial charge < -0.3 is 10.5 Å². The Labute approximate surface area is 152 Å². The summed E-state index contributed by atoms with van der Waals surface area (Å²) in [6.07, 6.45) is -0.0793. The second kappa shape index (κ2) is 6.86. The van der Waals surface area contributed by atoms with E-state index in [9.17, 15) is 18.0 Å². The van der Waals surface area contributed by atoms with Crippen molar-refractivity contribution in [3.8, 4) is 5.75 Å². The highest BCUT2D eigenvalue weighted by molar-refractivity contribution is 6.03. The monoisotopic (exact) mass is 379 g/mol. The first kappa shape index (κ1) is 18.6. The molecular weight excluding hydrogens is 363 g/mol. The van der Waals surface area contributed by atoms with Crippen LogP contribution in [0.25, 0.3) is 10.9 Å². The van der Waals surface area contributed by atoms with Crippen LogP contribution in [0.5, 0.6) is 5.75 Å². The lowest BCUT2D eigenvalue weighted by atomic mass is 10.1. The summed E-state index contributed by atoms with van der Waals surface area (Å²) in [4.78, 5) is 19.6. The molecule has 1 amide bonds. The quantitative estimate of drug-likeness (QED) is 0.735. The van der Waals surface area contributed by atoms with E-state index in [-0.39, 0.29) is 17.5 Å². The van der Waals surface area contributed by atoms with Crippen molar-refractivity contribution in [1.29, 1.82) is 0 Å². The molecule has 3 aromatic rings. The van der Waals surface area contributed by atoms with Crippen LogP contribution in [0.1, 0.15) is 34.7 Å². The minimum Gasteiger partial charge on any atom is -0.482 e. The van der Waals surface area contributed by atoms with E-state index in [1.165, 1.54) is 12.4 Å². The van der Waals surface area contributed by atoms with Gasteiger partial charge in [0.1, 0.15) is 11.4 Å². The van der Waals surface area contributed by atoms with Gasteiger partial charge in [0.2, 0.25) is 0 Å². The van der Waals surface area contributed by atoms with Gasteiger partial charge in [-0.25, -0.2) is 0 Å². The van der Waals surface area contributed by atoms with Crippen LogP contribution in [-0.2, 0) is 0 Å². The van der Waals surface area contributed by atoms with E-state index in [2.05, 4.69) is 15.1 Å². The van der Waals surface area contributed by atoms with Crippen LogP contribution in [0.4, 0.5) is 13.2 Å². The average molecular weight is 379 g/mol. The maximum atomic E-state index is 12.3. The van der Waals surface area contributed by atoms with Gasteiger partial charge in [-0.05, 0) is 31.5 Å². The zero-order valence-corrected chi connectivity index (χ0v) is 14.5. The Bertz CT molecular complexity index is 1000. The number of aromatic nitrogens is 4. The molecule has 1 unspecified atom stereocenters. The second-order valence-corrected chi connectivity index (χ2v) is 6.02. The number of hydrogen-bond acceptors (Lipinski definition) is 5. The highest BCUT2D eigenvalue weighted by Gasteiger charge is 2.28. The number of primary amides is 1. The Balaban J connectivity index is 1.89. The number of ether oxygens (including phenoxy) is 1. The largest absolute Gasteiger partial charge is 0.482 e. The fraction of sp³-hybridized carbons (Fsp3) is 0.294. The molecule has 0 aliphatic carbocycles. The molecule has 3 heterocycles. The molecular formula is C17H16F3N5O2. The number of hydrogen-bond donors (Lipinski definition) is 1. The van der Waals surface area contributed by atoms with Gasteiger partial charge >= 0.3 is 6.18 Å². The summed E-state index contributed by atoms with van der Waals surface area (Å²) in [5.41, 5.74) is 7.09. The summed E-state index contributed by atoms with van der Waals surface area (Å²) >= 11 is 0. The fourth-order valence-corrected chi connectivity index (χ4v) is 2.60. The lowest BCUT2D eigenvalue weighted by Gasteiger charge is -2.15. The molecule has 0 bridgehead atoms. The van der Waals surface area contributed by atoms with Gasteiger partial charge in [0.15, 0.2) is 6.61 Å². The van der Waals surface area contributed by atoms with Crippen LogP contribution in [-0.4, -0.2) is 38.4 Å². The molecule has 2 N–H and O–H groups in total. The number of carbonyl (C=O) groups excluding carboxylic acids is 1. The normalized spacial score (nSPS) is 12.9. The Morgan fingerprint density at radius 2 is 2.11 bits per heavy atom.